The Bertz CT molecular complexity index is 745. The van der Waals surface area contributed by atoms with Gasteiger partial charge >= 0.3 is 0 Å². The molecule has 21 heavy (non-hydrogen) atoms. The van der Waals surface area contributed by atoms with Crippen LogP contribution in [0, 0.1) is 0 Å². The Balaban J connectivity index is 2.09. The molecule has 1 aromatic heterocycles. The zero-order chi connectivity index (χ0) is 14.8. The van der Waals surface area contributed by atoms with Gasteiger partial charge in [0.15, 0.2) is 0 Å². The molecule has 0 amide bonds. The molecule has 3 rings (SSSR count). The molecule has 0 bridgehead atoms. The summed E-state index contributed by atoms with van der Waals surface area (Å²) in [6, 6.07) is 15.7. The van der Waals surface area contributed by atoms with E-state index in [2.05, 4.69) is 24.2 Å². The smallest absolute Gasteiger partial charge is 0.230 e. The average Bonchev–Trinajstić information content (AvgIpc) is 2.90. The highest BCUT2D eigenvalue weighted by Crippen LogP contribution is 2.36. The minimum Gasteiger partial charge on any atom is -0.367 e. The van der Waals surface area contributed by atoms with Crippen molar-refractivity contribution in [3.8, 4) is 22.4 Å². The quantitative estimate of drug-likeness (QED) is 0.755. The average molecular weight is 299 g/mol. The van der Waals surface area contributed by atoms with Crippen molar-refractivity contribution >= 4 is 17.5 Å². The summed E-state index contributed by atoms with van der Waals surface area (Å²) in [5, 5.41) is 4.79. The molecule has 0 aliphatic heterocycles. The first kappa shape index (κ1) is 13.7. The number of nitrogen functional groups attached to an aromatic ring is 1. The summed E-state index contributed by atoms with van der Waals surface area (Å²) < 4.78 is 5.19. The standard InChI is InChI=1S/C17H15ClN2O/c1-2-11-3-5-13(6-4-11)16-15(17(19)21-20-16)12-7-9-14(18)10-8-12/h3-10H,2,19H2,1H3. The van der Waals surface area contributed by atoms with Crippen LogP contribution in [-0.4, -0.2) is 5.16 Å². The molecular weight excluding hydrogens is 284 g/mol. The van der Waals surface area contributed by atoms with Crippen LogP contribution in [0.4, 0.5) is 5.88 Å². The molecule has 106 valence electrons. The zero-order valence-electron chi connectivity index (χ0n) is 11.6. The minimum atomic E-state index is 0.312. The zero-order valence-corrected chi connectivity index (χ0v) is 12.4. The van der Waals surface area contributed by atoms with Crippen LogP contribution in [-0.2, 0) is 6.42 Å². The Hall–Kier alpha value is -2.26. The highest BCUT2D eigenvalue weighted by atomic mass is 35.5. The molecule has 0 aliphatic rings. The van der Waals surface area contributed by atoms with E-state index in [1.807, 2.05) is 36.4 Å². The largest absolute Gasteiger partial charge is 0.367 e. The van der Waals surface area contributed by atoms with Crippen LogP contribution >= 0.6 is 11.6 Å². The molecule has 0 radical (unpaired) electrons. The third-order valence-electron chi connectivity index (χ3n) is 3.49. The van der Waals surface area contributed by atoms with E-state index >= 15 is 0 Å². The molecule has 3 nitrogen and oxygen atoms in total. The number of nitrogens with two attached hydrogens (primary N) is 1. The van der Waals surface area contributed by atoms with E-state index in [0.29, 0.717) is 10.9 Å². The van der Waals surface area contributed by atoms with Gasteiger partial charge in [0.2, 0.25) is 5.88 Å². The number of hydrogen-bond acceptors (Lipinski definition) is 3. The molecule has 0 saturated carbocycles. The van der Waals surface area contributed by atoms with Gasteiger partial charge in [-0.05, 0) is 29.7 Å². The van der Waals surface area contributed by atoms with Crippen LogP contribution in [0.15, 0.2) is 53.1 Å². The van der Waals surface area contributed by atoms with Crippen LogP contribution in [0.2, 0.25) is 5.02 Å². The van der Waals surface area contributed by atoms with Crippen molar-refractivity contribution in [1.29, 1.82) is 0 Å². The molecule has 3 aromatic rings. The van der Waals surface area contributed by atoms with E-state index < -0.39 is 0 Å². The van der Waals surface area contributed by atoms with Crippen LogP contribution in [0.5, 0.6) is 0 Å². The summed E-state index contributed by atoms with van der Waals surface area (Å²) in [6.45, 7) is 2.13. The van der Waals surface area contributed by atoms with Crippen LogP contribution < -0.4 is 5.73 Å². The maximum absolute atomic E-state index is 5.94. The molecule has 0 saturated heterocycles. The molecule has 0 atom stereocenters. The fourth-order valence-electron chi connectivity index (χ4n) is 2.29. The maximum Gasteiger partial charge on any atom is 0.230 e. The molecular formula is C17H15ClN2O. The third kappa shape index (κ3) is 2.65. The van der Waals surface area contributed by atoms with E-state index in [-0.39, 0.29) is 0 Å². The van der Waals surface area contributed by atoms with Crippen molar-refractivity contribution in [1.82, 2.24) is 5.16 Å². The van der Waals surface area contributed by atoms with E-state index in [1.165, 1.54) is 5.56 Å². The van der Waals surface area contributed by atoms with Gasteiger partial charge in [-0.3, -0.25) is 0 Å². The van der Waals surface area contributed by atoms with Crippen molar-refractivity contribution in [3.05, 3.63) is 59.1 Å². The second kappa shape index (κ2) is 5.62. The number of hydrogen-bond donors (Lipinski definition) is 1. The minimum absolute atomic E-state index is 0.312. The number of aromatic nitrogens is 1. The molecule has 0 fully saturated rings. The predicted octanol–water partition coefficient (Wildman–Crippen LogP) is 4.81. The van der Waals surface area contributed by atoms with Gasteiger partial charge < -0.3 is 10.3 Å². The summed E-state index contributed by atoms with van der Waals surface area (Å²) in [5.41, 5.74) is 10.7. The van der Waals surface area contributed by atoms with Crippen molar-refractivity contribution in [2.24, 2.45) is 0 Å². The normalized spacial score (nSPS) is 10.8. The first-order valence-corrected chi connectivity index (χ1v) is 7.17. The van der Waals surface area contributed by atoms with Gasteiger partial charge in [-0.1, -0.05) is 60.1 Å². The van der Waals surface area contributed by atoms with E-state index in [0.717, 1.165) is 28.8 Å². The summed E-state index contributed by atoms with van der Waals surface area (Å²) in [6.07, 6.45) is 1.01. The van der Waals surface area contributed by atoms with Crippen molar-refractivity contribution in [3.63, 3.8) is 0 Å². The first-order chi connectivity index (χ1) is 10.2. The number of benzene rings is 2. The van der Waals surface area contributed by atoms with Crippen LogP contribution in [0.1, 0.15) is 12.5 Å². The molecule has 0 unspecified atom stereocenters. The van der Waals surface area contributed by atoms with Gasteiger partial charge in [-0.2, -0.15) is 0 Å². The Morgan fingerprint density at radius 2 is 1.62 bits per heavy atom. The number of halogens is 1. The second-order valence-corrected chi connectivity index (χ2v) is 5.26. The van der Waals surface area contributed by atoms with Crippen LogP contribution in [0.25, 0.3) is 22.4 Å². The van der Waals surface area contributed by atoms with Gasteiger partial charge in [0, 0.05) is 10.6 Å². The summed E-state index contributed by atoms with van der Waals surface area (Å²) in [7, 11) is 0. The third-order valence-corrected chi connectivity index (χ3v) is 3.74. The fourth-order valence-corrected chi connectivity index (χ4v) is 2.42. The summed E-state index contributed by atoms with van der Waals surface area (Å²) in [5.74, 6) is 0.312. The lowest BCUT2D eigenvalue weighted by molar-refractivity contribution is 0.439. The number of aryl methyl sites for hydroxylation is 1. The first-order valence-electron chi connectivity index (χ1n) is 6.79. The van der Waals surface area contributed by atoms with Crippen molar-refractivity contribution in [2.75, 3.05) is 5.73 Å². The van der Waals surface area contributed by atoms with Gasteiger partial charge in [-0.25, -0.2) is 0 Å². The fraction of sp³-hybridized carbons (Fsp3) is 0.118. The molecule has 0 spiro atoms. The number of rotatable bonds is 3. The Morgan fingerprint density at radius 1 is 1.00 bits per heavy atom. The van der Waals surface area contributed by atoms with E-state index in [1.54, 1.807) is 0 Å². The Kier molecular flexibility index (Phi) is 3.67. The Labute approximate surface area is 128 Å². The predicted molar refractivity (Wildman–Crippen MR) is 86.2 cm³/mol. The molecule has 2 aromatic carbocycles. The monoisotopic (exact) mass is 298 g/mol. The van der Waals surface area contributed by atoms with Crippen molar-refractivity contribution < 1.29 is 4.52 Å². The second-order valence-electron chi connectivity index (χ2n) is 4.83. The summed E-state index contributed by atoms with van der Waals surface area (Å²) in [4.78, 5) is 0. The number of nitrogens with zero attached hydrogens (tertiary/aromatic N) is 1. The molecule has 0 aliphatic carbocycles. The maximum atomic E-state index is 5.94. The SMILES string of the molecule is CCc1ccc(-c2noc(N)c2-c2ccc(Cl)cc2)cc1. The highest BCUT2D eigenvalue weighted by Gasteiger charge is 2.17. The highest BCUT2D eigenvalue weighted by molar-refractivity contribution is 6.30. The molecule has 2 N–H and O–H groups in total. The van der Waals surface area contributed by atoms with Crippen molar-refractivity contribution in [2.45, 2.75) is 13.3 Å². The van der Waals surface area contributed by atoms with E-state index in [9.17, 15) is 0 Å². The Morgan fingerprint density at radius 3 is 2.24 bits per heavy atom. The van der Waals surface area contributed by atoms with Gasteiger partial charge in [-0.15, -0.1) is 0 Å². The number of anilines is 1. The lowest BCUT2D eigenvalue weighted by Gasteiger charge is -2.04. The van der Waals surface area contributed by atoms with Gasteiger partial charge in [0.25, 0.3) is 0 Å². The molecule has 1 heterocycles. The van der Waals surface area contributed by atoms with Gasteiger partial charge in [0.05, 0.1) is 5.56 Å². The lowest BCUT2D eigenvalue weighted by atomic mass is 10.00. The summed E-state index contributed by atoms with van der Waals surface area (Å²) >= 11 is 5.93. The molecule has 4 heteroatoms. The van der Waals surface area contributed by atoms with E-state index in [4.69, 9.17) is 21.9 Å². The van der Waals surface area contributed by atoms with Crippen LogP contribution in [0.3, 0.4) is 0 Å². The lowest BCUT2D eigenvalue weighted by Crippen LogP contribution is -1.88. The van der Waals surface area contributed by atoms with Gasteiger partial charge in [0.1, 0.15) is 5.69 Å². The topological polar surface area (TPSA) is 52.0 Å².